The van der Waals surface area contributed by atoms with E-state index in [1.807, 2.05) is 6.92 Å². The van der Waals surface area contributed by atoms with Crippen LogP contribution >= 0.6 is 34.9 Å². The van der Waals surface area contributed by atoms with Crippen molar-refractivity contribution in [1.82, 2.24) is 29.3 Å². The number of aromatic nitrogens is 6. The fourth-order valence-corrected chi connectivity index (χ4v) is 6.31. The highest BCUT2D eigenvalue weighted by atomic mass is 32.2. The van der Waals surface area contributed by atoms with E-state index in [4.69, 9.17) is 4.98 Å². The lowest BCUT2D eigenvalue weighted by atomic mass is 9.89. The van der Waals surface area contributed by atoms with Crippen LogP contribution in [0.3, 0.4) is 0 Å². The van der Waals surface area contributed by atoms with Gasteiger partial charge < -0.3 is 0 Å². The molecule has 0 spiro atoms. The molecular weight excluding hydrogens is 482 g/mol. The van der Waals surface area contributed by atoms with Gasteiger partial charge in [-0.05, 0) is 18.6 Å². The van der Waals surface area contributed by atoms with Crippen LogP contribution in [0.1, 0.15) is 50.8 Å². The summed E-state index contributed by atoms with van der Waals surface area (Å²) >= 11 is 4.05. The van der Waals surface area contributed by atoms with Crippen LogP contribution in [0.4, 0.5) is 5.13 Å². The minimum absolute atomic E-state index is 0.0397. The molecule has 0 atom stereocenters. The lowest BCUT2D eigenvalue weighted by molar-refractivity contribution is -0.113. The zero-order valence-corrected chi connectivity index (χ0v) is 21.1. The molecule has 13 heteroatoms. The maximum absolute atomic E-state index is 12.9. The van der Waals surface area contributed by atoms with E-state index in [0.717, 1.165) is 40.3 Å². The van der Waals surface area contributed by atoms with Gasteiger partial charge in [-0.3, -0.25) is 24.0 Å². The highest BCUT2D eigenvalue weighted by Gasteiger charge is 2.24. The van der Waals surface area contributed by atoms with Gasteiger partial charge in [0, 0.05) is 20.0 Å². The second kappa shape index (κ2) is 10.3. The first-order chi connectivity index (χ1) is 15.9. The van der Waals surface area contributed by atoms with Crippen LogP contribution < -0.4 is 16.6 Å². The molecule has 0 radical (unpaired) electrons. The van der Waals surface area contributed by atoms with Gasteiger partial charge in [0.05, 0.1) is 5.75 Å². The Bertz CT molecular complexity index is 1290. The number of anilines is 1. The van der Waals surface area contributed by atoms with Crippen molar-refractivity contribution in [2.24, 2.45) is 14.1 Å². The Labute approximate surface area is 202 Å². The van der Waals surface area contributed by atoms with Gasteiger partial charge in [-0.1, -0.05) is 61.0 Å². The number of thioether (sulfide) groups is 2. The summed E-state index contributed by atoms with van der Waals surface area (Å²) in [6.45, 7) is 2.02. The molecule has 33 heavy (non-hydrogen) atoms. The fourth-order valence-electron chi connectivity index (χ4n) is 3.82. The van der Waals surface area contributed by atoms with Crippen molar-refractivity contribution >= 4 is 56.9 Å². The number of nitrogens with zero attached hydrogens (tertiary/aromatic N) is 6. The Hall–Kier alpha value is -2.25. The van der Waals surface area contributed by atoms with E-state index in [1.54, 1.807) is 18.8 Å². The lowest BCUT2D eigenvalue weighted by Crippen LogP contribution is -2.38. The van der Waals surface area contributed by atoms with Crippen molar-refractivity contribution < 1.29 is 4.79 Å². The predicted molar refractivity (Wildman–Crippen MR) is 132 cm³/mol. The van der Waals surface area contributed by atoms with E-state index < -0.39 is 11.2 Å². The normalized spacial score (nSPS) is 14.6. The monoisotopic (exact) mass is 507 g/mol. The van der Waals surface area contributed by atoms with Crippen molar-refractivity contribution in [3.63, 3.8) is 0 Å². The average molecular weight is 508 g/mol. The Morgan fingerprint density at radius 2 is 1.85 bits per heavy atom. The maximum Gasteiger partial charge on any atom is 0.332 e. The molecule has 0 aliphatic heterocycles. The number of fused-ring (bicyclic) bond motifs is 1. The van der Waals surface area contributed by atoms with E-state index in [-0.39, 0.29) is 23.0 Å². The molecule has 0 unspecified atom stereocenters. The lowest BCUT2D eigenvalue weighted by Gasteiger charge is -2.21. The number of hydrogen-bond acceptors (Lipinski definition) is 10. The number of aryl methyl sites for hydroxylation is 1. The summed E-state index contributed by atoms with van der Waals surface area (Å²) in [5.41, 5.74) is -0.588. The zero-order valence-electron chi connectivity index (χ0n) is 18.7. The molecule has 3 aromatic rings. The van der Waals surface area contributed by atoms with E-state index in [1.165, 1.54) is 41.1 Å². The summed E-state index contributed by atoms with van der Waals surface area (Å²) in [5, 5.41) is 11.9. The van der Waals surface area contributed by atoms with E-state index in [9.17, 15) is 14.4 Å². The van der Waals surface area contributed by atoms with Crippen LogP contribution in [0.15, 0.2) is 19.0 Å². The minimum atomic E-state index is -0.462. The van der Waals surface area contributed by atoms with Crippen LogP contribution in [0.25, 0.3) is 11.0 Å². The summed E-state index contributed by atoms with van der Waals surface area (Å²) in [7, 11) is 3.03. The van der Waals surface area contributed by atoms with Crippen LogP contribution in [-0.2, 0) is 18.9 Å². The SMILES string of the molecule is CCSc1nnc(NC(=O)CSc2nc(C3CCCCC3)nc3c2c(=O)n(C)c(=O)n3C)s1. The Balaban J connectivity index is 1.65. The van der Waals surface area contributed by atoms with Crippen molar-refractivity contribution in [2.75, 3.05) is 16.8 Å². The molecule has 1 aliphatic rings. The minimum Gasteiger partial charge on any atom is -0.300 e. The topological polar surface area (TPSA) is 125 Å². The molecule has 1 aliphatic carbocycles. The molecule has 176 valence electrons. The van der Waals surface area contributed by atoms with Crippen LogP contribution in [-0.4, -0.2) is 46.7 Å². The molecule has 1 fully saturated rings. The summed E-state index contributed by atoms with van der Waals surface area (Å²) < 4.78 is 3.22. The molecule has 0 saturated heterocycles. The number of amides is 1. The average Bonchev–Trinajstić information content (AvgIpc) is 3.26. The van der Waals surface area contributed by atoms with Gasteiger partial charge in [-0.25, -0.2) is 14.8 Å². The molecule has 1 N–H and O–H groups in total. The molecular formula is C20H25N7O3S3. The second-order valence-electron chi connectivity index (χ2n) is 7.77. The summed E-state index contributed by atoms with van der Waals surface area (Å²) in [6, 6.07) is 0. The van der Waals surface area contributed by atoms with Crippen LogP contribution in [0.2, 0.25) is 0 Å². The third-order valence-corrected chi connectivity index (χ3v) is 8.34. The molecule has 4 rings (SSSR count). The van der Waals surface area contributed by atoms with Crippen LogP contribution in [0, 0.1) is 0 Å². The van der Waals surface area contributed by atoms with E-state index in [0.29, 0.717) is 21.6 Å². The highest BCUT2D eigenvalue weighted by Crippen LogP contribution is 2.33. The summed E-state index contributed by atoms with van der Waals surface area (Å²) in [4.78, 5) is 47.4. The number of carbonyl (C=O) groups is 1. The first-order valence-corrected chi connectivity index (χ1v) is 13.5. The van der Waals surface area contributed by atoms with Gasteiger partial charge >= 0.3 is 5.69 Å². The molecule has 3 heterocycles. The smallest absolute Gasteiger partial charge is 0.300 e. The number of nitrogens with one attached hydrogen (secondary N) is 1. The maximum atomic E-state index is 12.9. The van der Waals surface area contributed by atoms with Crippen molar-refractivity contribution in [1.29, 1.82) is 0 Å². The third kappa shape index (κ3) is 5.14. The predicted octanol–water partition coefficient (Wildman–Crippen LogP) is 2.77. The van der Waals surface area contributed by atoms with Crippen molar-refractivity contribution in [2.45, 2.75) is 54.3 Å². The zero-order chi connectivity index (χ0) is 23.5. The molecule has 1 amide bonds. The number of carbonyl (C=O) groups excluding carboxylic acids is 1. The van der Waals surface area contributed by atoms with Crippen molar-refractivity contribution in [3.8, 4) is 0 Å². The van der Waals surface area contributed by atoms with Gasteiger partial charge in [0.15, 0.2) is 9.99 Å². The largest absolute Gasteiger partial charge is 0.332 e. The molecule has 0 aromatic carbocycles. The van der Waals surface area contributed by atoms with E-state index in [2.05, 4.69) is 20.5 Å². The molecule has 0 bridgehead atoms. The Morgan fingerprint density at radius 3 is 2.58 bits per heavy atom. The van der Waals surface area contributed by atoms with Gasteiger partial charge in [0.25, 0.3) is 5.56 Å². The van der Waals surface area contributed by atoms with Gasteiger partial charge in [-0.15, -0.1) is 10.2 Å². The van der Waals surface area contributed by atoms with Gasteiger partial charge in [0.2, 0.25) is 11.0 Å². The number of rotatable bonds is 7. The molecule has 10 nitrogen and oxygen atoms in total. The summed E-state index contributed by atoms with van der Waals surface area (Å²) in [5.74, 6) is 1.47. The first-order valence-electron chi connectivity index (χ1n) is 10.8. The Kier molecular flexibility index (Phi) is 7.49. The van der Waals surface area contributed by atoms with E-state index >= 15 is 0 Å². The quantitative estimate of drug-likeness (QED) is 0.292. The molecule has 3 aromatic heterocycles. The molecule has 1 saturated carbocycles. The Morgan fingerprint density at radius 1 is 1.09 bits per heavy atom. The number of hydrogen-bond donors (Lipinski definition) is 1. The fraction of sp³-hybridized carbons (Fsp3) is 0.550. The van der Waals surface area contributed by atoms with Gasteiger partial charge in [0.1, 0.15) is 16.2 Å². The van der Waals surface area contributed by atoms with Crippen LogP contribution in [0.5, 0.6) is 0 Å². The second-order valence-corrected chi connectivity index (χ2v) is 11.2. The highest BCUT2D eigenvalue weighted by molar-refractivity contribution is 8.01. The first kappa shape index (κ1) is 23.9. The van der Waals surface area contributed by atoms with Gasteiger partial charge in [-0.2, -0.15) is 0 Å². The van der Waals surface area contributed by atoms with Crippen molar-refractivity contribution in [3.05, 3.63) is 26.7 Å². The standard InChI is InChI=1S/C20H25N7O3S3/c1-4-31-19-25-24-18(33-19)21-12(28)10-32-16-13-15(26(2)20(30)27(3)17(13)29)22-14(23-16)11-8-6-5-7-9-11/h11H,4-10H2,1-3H3,(H,21,24,28). The summed E-state index contributed by atoms with van der Waals surface area (Å²) in [6.07, 6.45) is 5.35. The third-order valence-electron chi connectivity index (χ3n) is 5.52.